The van der Waals surface area contributed by atoms with Crippen LogP contribution in [0.3, 0.4) is 0 Å². The first-order valence-corrected chi connectivity index (χ1v) is 5.26. The second-order valence-electron chi connectivity index (χ2n) is 3.71. The van der Waals surface area contributed by atoms with Crippen molar-refractivity contribution in [1.29, 1.82) is 0 Å². The van der Waals surface area contributed by atoms with Gasteiger partial charge in [0.15, 0.2) is 11.6 Å². The van der Waals surface area contributed by atoms with Crippen molar-refractivity contribution in [2.24, 2.45) is 0 Å². The Morgan fingerprint density at radius 3 is 2.75 bits per heavy atom. The standard InChI is InChI=1S/C8H11IO3/c1-8(2)11-6-4(9)3-5(10)7(6)12-8/h4,6-7H,3H2,1-2H3/t4-,6+,7-/m0/s1. The van der Waals surface area contributed by atoms with E-state index in [-0.39, 0.29) is 21.9 Å². The molecule has 1 aliphatic heterocycles. The Bertz CT molecular complexity index is 226. The molecule has 3 atom stereocenters. The fourth-order valence-electron chi connectivity index (χ4n) is 1.73. The topological polar surface area (TPSA) is 35.5 Å². The molecular weight excluding hydrogens is 271 g/mol. The van der Waals surface area contributed by atoms with E-state index in [1.807, 2.05) is 13.8 Å². The Labute approximate surface area is 84.9 Å². The SMILES string of the molecule is CC1(C)O[C@@H]2[C@@H](I)CC(=O)[C@@H]2O1. The van der Waals surface area contributed by atoms with Gasteiger partial charge in [0.2, 0.25) is 0 Å². The molecule has 2 aliphatic rings. The van der Waals surface area contributed by atoms with Gasteiger partial charge in [-0.3, -0.25) is 4.79 Å². The molecular formula is C8H11IO3. The van der Waals surface area contributed by atoms with Gasteiger partial charge in [0, 0.05) is 10.3 Å². The highest BCUT2D eigenvalue weighted by atomic mass is 127. The zero-order chi connectivity index (χ0) is 8.93. The minimum absolute atomic E-state index is 0.0203. The van der Waals surface area contributed by atoms with Gasteiger partial charge >= 0.3 is 0 Å². The largest absolute Gasteiger partial charge is 0.343 e. The molecule has 0 spiro atoms. The number of halogens is 1. The van der Waals surface area contributed by atoms with E-state index < -0.39 is 5.79 Å². The number of Topliss-reactive ketones (excluding diaryl/α,β-unsaturated/α-hetero) is 1. The molecule has 0 aromatic heterocycles. The van der Waals surface area contributed by atoms with Gasteiger partial charge in [-0.1, -0.05) is 22.6 Å². The van der Waals surface area contributed by atoms with Crippen molar-refractivity contribution in [3.05, 3.63) is 0 Å². The molecule has 0 amide bonds. The van der Waals surface area contributed by atoms with Crippen LogP contribution < -0.4 is 0 Å². The summed E-state index contributed by atoms with van der Waals surface area (Å²) >= 11 is 2.26. The van der Waals surface area contributed by atoms with Gasteiger partial charge in [-0.25, -0.2) is 0 Å². The summed E-state index contributed by atoms with van der Waals surface area (Å²) in [5.74, 6) is -0.389. The van der Waals surface area contributed by atoms with Crippen LogP contribution in [0, 0.1) is 0 Å². The summed E-state index contributed by atoms with van der Waals surface area (Å²) < 4.78 is 11.4. The lowest BCUT2D eigenvalue weighted by atomic mass is 10.3. The van der Waals surface area contributed by atoms with E-state index in [4.69, 9.17) is 9.47 Å². The van der Waals surface area contributed by atoms with E-state index in [1.54, 1.807) is 0 Å². The minimum Gasteiger partial charge on any atom is -0.343 e. The lowest BCUT2D eigenvalue weighted by Crippen LogP contribution is -2.25. The molecule has 0 aromatic carbocycles. The third-order valence-corrected chi connectivity index (χ3v) is 3.35. The first kappa shape index (κ1) is 8.90. The summed E-state index contributed by atoms with van der Waals surface area (Å²) in [7, 11) is 0. The number of fused-ring (bicyclic) bond motifs is 1. The fourth-order valence-corrected chi connectivity index (χ4v) is 2.69. The van der Waals surface area contributed by atoms with E-state index in [1.165, 1.54) is 0 Å². The molecule has 0 unspecified atom stereocenters. The molecule has 0 radical (unpaired) electrons. The molecule has 2 fully saturated rings. The lowest BCUT2D eigenvalue weighted by Gasteiger charge is -2.18. The molecule has 2 rings (SSSR count). The van der Waals surface area contributed by atoms with Gasteiger partial charge in [0.05, 0.1) is 0 Å². The van der Waals surface area contributed by atoms with Crippen molar-refractivity contribution in [2.45, 2.75) is 42.2 Å². The number of hydrogen-bond donors (Lipinski definition) is 0. The first-order valence-electron chi connectivity index (χ1n) is 4.02. The van der Waals surface area contributed by atoms with Gasteiger partial charge in [0.25, 0.3) is 0 Å². The normalized spacial score (nSPS) is 44.9. The van der Waals surface area contributed by atoms with Gasteiger partial charge in [0.1, 0.15) is 12.2 Å². The quantitative estimate of drug-likeness (QED) is 0.496. The highest BCUT2D eigenvalue weighted by Gasteiger charge is 2.52. The highest BCUT2D eigenvalue weighted by molar-refractivity contribution is 14.1. The van der Waals surface area contributed by atoms with Crippen LogP contribution in [0.5, 0.6) is 0 Å². The van der Waals surface area contributed by atoms with Crippen LogP contribution in [-0.4, -0.2) is 27.7 Å². The third kappa shape index (κ3) is 1.29. The van der Waals surface area contributed by atoms with Crippen molar-refractivity contribution in [1.82, 2.24) is 0 Å². The second-order valence-corrected chi connectivity index (χ2v) is 5.31. The second kappa shape index (κ2) is 2.65. The molecule has 0 N–H and O–H groups in total. The average molecular weight is 282 g/mol. The Balaban J connectivity index is 2.20. The monoisotopic (exact) mass is 282 g/mol. The molecule has 68 valence electrons. The highest BCUT2D eigenvalue weighted by Crippen LogP contribution is 2.39. The Hall–Kier alpha value is 0.320. The summed E-state index contributed by atoms with van der Waals surface area (Å²) in [6.45, 7) is 3.70. The van der Waals surface area contributed by atoms with Crippen molar-refractivity contribution < 1.29 is 14.3 Å². The van der Waals surface area contributed by atoms with Crippen molar-refractivity contribution >= 4 is 28.4 Å². The Kier molecular flexibility index (Phi) is 1.97. The number of carbonyl (C=O) groups excluding carboxylic acids is 1. The molecule has 0 bridgehead atoms. The molecule has 12 heavy (non-hydrogen) atoms. The lowest BCUT2D eigenvalue weighted by molar-refractivity contribution is -0.158. The van der Waals surface area contributed by atoms with E-state index in [0.717, 1.165) is 0 Å². The molecule has 1 aliphatic carbocycles. The van der Waals surface area contributed by atoms with E-state index >= 15 is 0 Å². The fraction of sp³-hybridized carbons (Fsp3) is 0.875. The zero-order valence-corrected chi connectivity index (χ0v) is 9.20. The molecule has 1 saturated heterocycles. The first-order chi connectivity index (χ1) is 5.49. The predicted octanol–water partition coefficient (Wildman–Crippen LogP) is 1.28. The molecule has 3 nitrogen and oxygen atoms in total. The van der Waals surface area contributed by atoms with E-state index in [9.17, 15) is 4.79 Å². The average Bonchev–Trinajstić information content (AvgIpc) is 2.34. The Morgan fingerprint density at radius 1 is 1.50 bits per heavy atom. The number of alkyl halides is 1. The maximum absolute atomic E-state index is 11.3. The van der Waals surface area contributed by atoms with Crippen LogP contribution in [0.4, 0.5) is 0 Å². The van der Waals surface area contributed by atoms with Gasteiger partial charge < -0.3 is 9.47 Å². The smallest absolute Gasteiger partial charge is 0.165 e. The number of ketones is 1. The van der Waals surface area contributed by atoms with E-state index in [0.29, 0.717) is 6.42 Å². The summed E-state index contributed by atoms with van der Waals surface area (Å²) in [6, 6.07) is 0. The van der Waals surface area contributed by atoms with Gasteiger partial charge in [-0.2, -0.15) is 0 Å². The van der Waals surface area contributed by atoms with Gasteiger partial charge in [-0.15, -0.1) is 0 Å². The van der Waals surface area contributed by atoms with E-state index in [2.05, 4.69) is 22.6 Å². The zero-order valence-electron chi connectivity index (χ0n) is 7.04. The Morgan fingerprint density at radius 2 is 2.17 bits per heavy atom. The van der Waals surface area contributed by atoms with Crippen LogP contribution >= 0.6 is 22.6 Å². The number of hydrogen-bond acceptors (Lipinski definition) is 3. The molecule has 1 saturated carbocycles. The van der Waals surface area contributed by atoms with Crippen molar-refractivity contribution in [2.75, 3.05) is 0 Å². The number of rotatable bonds is 0. The summed E-state index contributed by atoms with van der Waals surface area (Å²) in [4.78, 5) is 11.3. The maximum atomic E-state index is 11.3. The molecule has 4 heteroatoms. The minimum atomic E-state index is -0.575. The van der Waals surface area contributed by atoms with Crippen LogP contribution in [0.25, 0.3) is 0 Å². The van der Waals surface area contributed by atoms with Crippen LogP contribution in [0.15, 0.2) is 0 Å². The molecule has 0 aromatic rings. The van der Waals surface area contributed by atoms with Gasteiger partial charge in [-0.05, 0) is 13.8 Å². The van der Waals surface area contributed by atoms with Crippen molar-refractivity contribution in [3.8, 4) is 0 Å². The predicted molar refractivity (Wildman–Crippen MR) is 51.3 cm³/mol. The van der Waals surface area contributed by atoms with Crippen molar-refractivity contribution in [3.63, 3.8) is 0 Å². The maximum Gasteiger partial charge on any atom is 0.165 e. The molecule has 1 heterocycles. The summed E-state index contributed by atoms with van der Waals surface area (Å²) in [5.41, 5.74) is 0. The van der Waals surface area contributed by atoms with Crippen LogP contribution in [-0.2, 0) is 14.3 Å². The summed E-state index contributed by atoms with van der Waals surface area (Å²) in [5, 5.41) is 0. The number of carbonyl (C=O) groups is 1. The third-order valence-electron chi connectivity index (χ3n) is 2.20. The summed E-state index contributed by atoms with van der Waals surface area (Å²) in [6.07, 6.45) is 0.265. The van der Waals surface area contributed by atoms with Crippen LogP contribution in [0.1, 0.15) is 20.3 Å². The van der Waals surface area contributed by atoms with Crippen LogP contribution in [0.2, 0.25) is 0 Å². The number of ether oxygens (including phenoxy) is 2.